The van der Waals surface area contributed by atoms with Crippen LogP contribution in [0.25, 0.3) is 5.69 Å². The number of rotatable bonds is 1. The van der Waals surface area contributed by atoms with Crippen LogP contribution in [-0.4, -0.2) is 46.2 Å². The average molecular weight is 328 g/mol. The van der Waals surface area contributed by atoms with Crippen LogP contribution in [0.2, 0.25) is 0 Å². The Morgan fingerprint density at radius 3 is 2.67 bits per heavy atom. The topological polar surface area (TPSA) is 61.8 Å². The van der Waals surface area contributed by atoms with Crippen molar-refractivity contribution in [3.05, 3.63) is 42.0 Å². The number of carbonyl (C=O) groups is 2. The van der Waals surface area contributed by atoms with Gasteiger partial charge >= 0.3 is 12.0 Å². The van der Waals surface area contributed by atoms with Crippen LogP contribution in [-0.2, 0) is 4.79 Å². The fourth-order valence-electron chi connectivity index (χ4n) is 3.20. The summed E-state index contributed by atoms with van der Waals surface area (Å²) in [6.45, 7) is 1.86. The number of urea groups is 1. The molecule has 0 saturated carbocycles. The Balaban J connectivity index is 1.92. The van der Waals surface area contributed by atoms with Crippen LogP contribution in [0.4, 0.5) is 15.1 Å². The molecule has 122 valence electrons. The monoisotopic (exact) mass is 328 g/mol. The second-order valence-corrected chi connectivity index (χ2v) is 5.90. The maximum absolute atomic E-state index is 13.6. The van der Waals surface area contributed by atoms with Gasteiger partial charge in [0.15, 0.2) is 0 Å². The fraction of sp³-hybridized carbons (Fsp3) is 0.250. The van der Waals surface area contributed by atoms with Gasteiger partial charge in [0.1, 0.15) is 23.4 Å². The molecule has 1 aromatic carbocycles. The third kappa shape index (κ3) is 1.76. The van der Waals surface area contributed by atoms with E-state index in [0.29, 0.717) is 17.5 Å². The summed E-state index contributed by atoms with van der Waals surface area (Å²) in [5, 5.41) is 0. The maximum atomic E-state index is 13.6. The van der Waals surface area contributed by atoms with Gasteiger partial charge in [-0.3, -0.25) is 14.6 Å². The number of aromatic nitrogens is 2. The molecule has 3 heterocycles. The third-order valence-corrected chi connectivity index (χ3v) is 4.40. The summed E-state index contributed by atoms with van der Waals surface area (Å²) in [5.74, 6) is 0.173. The Morgan fingerprint density at radius 1 is 1.21 bits per heavy atom. The molecule has 4 rings (SSSR count). The number of imidazole rings is 1. The van der Waals surface area contributed by atoms with Crippen LogP contribution in [0, 0.1) is 12.7 Å². The zero-order valence-electron chi connectivity index (χ0n) is 13.4. The van der Waals surface area contributed by atoms with Gasteiger partial charge in [-0.05, 0) is 19.1 Å². The highest BCUT2D eigenvalue weighted by molar-refractivity contribution is 6.18. The lowest BCUT2D eigenvalue weighted by molar-refractivity contribution is -0.676. The van der Waals surface area contributed by atoms with Crippen molar-refractivity contribution < 1.29 is 18.5 Å². The van der Waals surface area contributed by atoms with Gasteiger partial charge in [0.2, 0.25) is 11.9 Å². The summed E-state index contributed by atoms with van der Waals surface area (Å²) in [6.07, 6.45) is 1.79. The smallest absolute Gasteiger partial charge is 0.270 e. The number of aryl methyl sites for hydroxylation is 1. The molecule has 1 aromatic heterocycles. The van der Waals surface area contributed by atoms with Crippen molar-refractivity contribution in [2.75, 3.05) is 14.1 Å². The maximum Gasteiger partial charge on any atom is 0.406 e. The van der Waals surface area contributed by atoms with Gasteiger partial charge in [-0.2, -0.15) is 4.57 Å². The Bertz CT molecular complexity index is 933. The lowest BCUT2D eigenvalue weighted by Gasteiger charge is -2.30. The summed E-state index contributed by atoms with van der Waals surface area (Å²) in [4.78, 5) is 31.6. The van der Waals surface area contributed by atoms with Crippen molar-refractivity contribution in [3.63, 3.8) is 0 Å². The van der Waals surface area contributed by atoms with Crippen molar-refractivity contribution in [2.24, 2.45) is 4.99 Å². The van der Waals surface area contributed by atoms with Gasteiger partial charge in [-0.1, -0.05) is 11.1 Å². The zero-order chi connectivity index (χ0) is 17.2. The molecule has 7 nitrogen and oxygen atoms in total. The number of aliphatic imine (C=N–C) groups is 1. The molecule has 2 aliphatic rings. The molecule has 24 heavy (non-hydrogen) atoms. The number of carbonyl (C=O) groups excluding carboxylic acids is 2. The predicted octanol–water partition coefficient (Wildman–Crippen LogP) is 1.32. The molecule has 2 aromatic rings. The first kappa shape index (κ1) is 14.6. The number of halogens is 1. The van der Waals surface area contributed by atoms with Gasteiger partial charge in [0, 0.05) is 20.2 Å². The number of benzene rings is 1. The van der Waals surface area contributed by atoms with Crippen molar-refractivity contribution in [1.82, 2.24) is 14.4 Å². The quantitative estimate of drug-likeness (QED) is 0.741. The van der Waals surface area contributed by atoms with Crippen LogP contribution in [0.5, 0.6) is 0 Å². The number of hydrogen-bond acceptors (Lipinski definition) is 3. The van der Waals surface area contributed by atoms with E-state index in [1.54, 1.807) is 34.5 Å². The van der Waals surface area contributed by atoms with E-state index >= 15 is 0 Å². The third-order valence-electron chi connectivity index (χ3n) is 4.40. The van der Waals surface area contributed by atoms with Crippen LogP contribution in [0.1, 0.15) is 11.7 Å². The molecule has 0 N–H and O–H groups in total. The Labute approximate surface area is 137 Å². The van der Waals surface area contributed by atoms with Crippen molar-refractivity contribution in [1.29, 1.82) is 0 Å². The SMILES string of the molecule is Cc1c[n+]2c(n1-c1cccc(F)c1)N=C1C2C(=O)N(C)C(=O)N1C. The molecule has 0 bridgehead atoms. The van der Waals surface area contributed by atoms with Gasteiger partial charge < -0.3 is 0 Å². The van der Waals surface area contributed by atoms with Gasteiger partial charge in [0.05, 0.1) is 0 Å². The molecular formula is C16H15FN5O2+. The molecule has 1 saturated heterocycles. The predicted molar refractivity (Wildman–Crippen MR) is 82.7 cm³/mol. The summed E-state index contributed by atoms with van der Waals surface area (Å²) in [5.41, 5.74) is 1.42. The van der Waals surface area contributed by atoms with E-state index in [1.807, 2.05) is 6.92 Å². The first-order valence-electron chi connectivity index (χ1n) is 7.43. The number of fused-ring (bicyclic) bond motifs is 3. The summed E-state index contributed by atoms with van der Waals surface area (Å²) < 4.78 is 17.1. The molecule has 0 spiro atoms. The zero-order valence-corrected chi connectivity index (χ0v) is 13.4. The molecule has 1 fully saturated rings. The minimum Gasteiger partial charge on any atom is -0.270 e. The highest BCUT2D eigenvalue weighted by Gasteiger charge is 2.52. The highest BCUT2D eigenvalue weighted by Crippen LogP contribution is 2.30. The molecule has 1 unspecified atom stereocenters. The highest BCUT2D eigenvalue weighted by atomic mass is 19.1. The van der Waals surface area contributed by atoms with Crippen LogP contribution in [0.15, 0.2) is 35.5 Å². The van der Waals surface area contributed by atoms with E-state index in [1.165, 1.54) is 24.1 Å². The van der Waals surface area contributed by atoms with E-state index in [0.717, 1.165) is 10.6 Å². The first-order valence-corrected chi connectivity index (χ1v) is 7.43. The number of imide groups is 1. The molecule has 1 atom stereocenters. The van der Waals surface area contributed by atoms with Crippen LogP contribution < -0.4 is 4.57 Å². The van der Waals surface area contributed by atoms with Gasteiger partial charge in [-0.15, -0.1) is 0 Å². The second kappa shape index (κ2) is 4.73. The Hall–Kier alpha value is -3.03. The molecule has 2 aliphatic heterocycles. The first-order chi connectivity index (χ1) is 11.4. The summed E-state index contributed by atoms with van der Waals surface area (Å²) in [7, 11) is 3.04. The van der Waals surface area contributed by atoms with E-state index in [2.05, 4.69) is 4.99 Å². The summed E-state index contributed by atoms with van der Waals surface area (Å²) in [6, 6.07) is 5.05. The average Bonchev–Trinajstić information content (AvgIpc) is 3.05. The van der Waals surface area contributed by atoms with E-state index in [4.69, 9.17) is 0 Å². The van der Waals surface area contributed by atoms with Crippen molar-refractivity contribution in [3.8, 4) is 5.69 Å². The minimum absolute atomic E-state index is 0.336. The molecule has 8 heteroatoms. The van der Waals surface area contributed by atoms with Crippen LogP contribution >= 0.6 is 0 Å². The number of nitrogens with zero attached hydrogens (tertiary/aromatic N) is 5. The van der Waals surface area contributed by atoms with E-state index in [-0.39, 0.29) is 11.7 Å². The number of amidine groups is 1. The molecule has 0 aliphatic carbocycles. The Morgan fingerprint density at radius 2 is 1.96 bits per heavy atom. The van der Waals surface area contributed by atoms with E-state index in [9.17, 15) is 14.0 Å². The molecule has 0 radical (unpaired) electrons. The lowest BCUT2D eigenvalue weighted by Crippen LogP contribution is -2.61. The second-order valence-electron chi connectivity index (χ2n) is 5.90. The Kier molecular flexibility index (Phi) is 2.87. The van der Waals surface area contributed by atoms with Crippen molar-refractivity contribution >= 4 is 23.7 Å². The summed E-state index contributed by atoms with van der Waals surface area (Å²) >= 11 is 0. The normalized spacial score (nSPS) is 19.5. The van der Waals surface area contributed by atoms with Gasteiger partial charge in [-0.25, -0.2) is 13.8 Å². The molecule has 3 amide bonds. The number of amides is 3. The number of likely N-dealkylation sites (N-methyl/N-ethyl adjacent to an activating group) is 2. The van der Waals surface area contributed by atoms with Gasteiger partial charge in [0.25, 0.3) is 5.91 Å². The van der Waals surface area contributed by atoms with E-state index < -0.39 is 12.1 Å². The standard InChI is InChI=1S/C16H15FN5O2/c1-9-8-21-12-13(19(2)16(24)20(3)14(12)23)18-15(21)22(9)11-6-4-5-10(17)7-11/h4-8,12H,1-3H3/q+1. The van der Waals surface area contributed by atoms with Crippen molar-refractivity contribution in [2.45, 2.75) is 13.0 Å². The minimum atomic E-state index is -0.679. The van der Waals surface area contributed by atoms with Crippen LogP contribution in [0.3, 0.4) is 0 Å². The largest absolute Gasteiger partial charge is 0.406 e. The fourth-order valence-corrected chi connectivity index (χ4v) is 3.20. The lowest BCUT2D eigenvalue weighted by atomic mass is 10.2. The molecular weight excluding hydrogens is 313 g/mol. The number of hydrogen-bond donors (Lipinski definition) is 0.